The molecule has 0 radical (unpaired) electrons. The number of hydrogen-bond donors (Lipinski definition) is 4. The summed E-state index contributed by atoms with van der Waals surface area (Å²) >= 11 is 0. The van der Waals surface area contributed by atoms with E-state index < -0.39 is 25.7 Å². The molecule has 30 heavy (non-hydrogen) atoms. The highest BCUT2D eigenvalue weighted by Gasteiger charge is 2.22. The summed E-state index contributed by atoms with van der Waals surface area (Å²) in [5.74, 6) is -1.66. The van der Waals surface area contributed by atoms with E-state index in [1.165, 1.54) is 0 Å². The Kier molecular flexibility index (Phi) is 9.20. The van der Waals surface area contributed by atoms with E-state index in [1.807, 2.05) is 37.3 Å². The Labute approximate surface area is 175 Å². The van der Waals surface area contributed by atoms with Crippen molar-refractivity contribution in [3.05, 3.63) is 71.3 Å². The normalized spacial score (nSPS) is 13.9. The number of carboxylic acid groups (broad SMARTS) is 1. The molecule has 2 rings (SSSR count). The zero-order valence-electron chi connectivity index (χ0n) is 16.8. The van der Waals surface area contributed by atoms with E-state index in [4.69, 9.17) is 4.52 Å². The Balaban J connectivity index is 1.72. The number of aryl methyl sites for hydroxylation is 1. The van der Waals surface area contributed by atoms with Crippen LogP contribution in [0.25, 0.3) is 0 Å². The van der Waals surface area contributed by atoms with E-state index >= 15 is 0 Å². The summed E-state index contributed by atoms with van der Waals surface area (Å²) in [6.45, 7) is 2.04. The Morgan fingerprint density at radius 3 is 2.40 bits per heavy atom. The van der Waals surface area contributed by atoms with Gasteiger partial charge in [-0.2, -0.15) is 0 Å². The van der Waals surface area contributed by atoms with Gasteiger partial charge < -0.3 is 15.3 Å². The van der Waals surface area contributed by atoms with Crippen molar-refractivity contribution in [2.75, 3.05) is 13.2 Å². The van der Waals surface area contributed by atoms with Crippen molar-refractivity contribution >= 4 is 19.6 Å². The van der Waals surface area contributed by atoms with Crippen molar-refractivity contribution in [3.8, 4) is 0 Å². The number of hydrogen-bond acceptors (Lipinski definition) is 4. The van der Waals surface area contributed by atoms with Gasteiger partial charge in [-0.3, -0.25) is 9.32 Å². The van der Waals surface area contributed by atoms with E-state index in [2.05, 4.69) is 10.4 Å². The smallest absolute Gasteiger partial charge is 0.402 e. The highest BCUT2D eigenvalue weighted by molar-refractivity contribution is 7.50. The summed E-state index contributed by atoms with van der Waals surface area (Å²) in [4.78, 5) is 33.4. The molecule has 0 saturated heterocycles. The summed E-state index contributed by atoms with van der Waals surface area (Å²) in [5, 5.41) is 14.3. The second-order valence-corrected chi connectivity index (χ2v) is 8.49. The van der Waals surface area contributed by atoms with Gasteiger partial charge in [0.15, 0.2) is 0 Å². The fourth-order valence-electron chi connectivity index (χ4n) is 2.71. The van der Waals surface area contributed by atoms with E-state index in [0.29, 0.717) is 12.0 Å². The van der Waals surface area contributed by atoms with Crippen LogP contribution in [0.3, 0.4) is 0 Å². The maximum atomic E-state index is 12.2. The molecule has 1 unspecified atom stereocenters. The third kappa shape index (κ3) is 8.47. The van der Waals surface area contributed by atoms with Gasteiger partial charge in [0, 0.05) is 12.1 Å². The van der Waals surface area contributed by atoms with Crippen molar-refractivity contribution in [1.82, 2.24) is 10.4 Å². The lowest BCUT2D eigenvalue weighted by Gasteiger charge is -2.16. The van der Waals surface area contributed by atoms with Crippen LogP contribution < -0.4 is 10.4 Å². The number of carboxylic acids is 1. The minimum Gasteiger partial charge on any atom is -0.480 e. The van der Waals surface area contributed by atoms with Crippen LogP contribution in [0.2, 0.25) is 0 Å². The van der Waals surface area contributed by atoms with Crippen molar-refractivity contribution in [3.63, 3.8) is 0 Å². The first-order valence-electron chi connectivity index (χ1n) is 9.63. The maximum absolute atomic E-state index is 12.2. The van der Waals surface area contributed by atoms with Crippen molar-refractivity contribution < 1.29 is 28.7 Å². The Morgan fingerprint density at radius 2 is 1.77 bits per heavy atom. The van der Waals surface area contributed by atoms with E-state index in [0.717, 1.165) is 11.1 Å². The van der Waals surface area contributed by atoms with Crippen LogP contribution in [0.1, 0.15) is 34.3 Å². The highest BCUT2D eigenvalue weighted by Crippen LogP contribution is 2.36. The summed E-state index contributed by atoms with van der Waals surface area (Å²) in [7, 11) is -3.98. The van der Waals surface area contributed by atoms with E-state index in [1.54, 1.807) is 24.3 Å². The number of benzene rings is 2. The average molecular weight is 434 g/mol. The van der Waals surface area contributed by atoms with Gasteiger partial charge >= 0.3 is 13.7 Å². The van der Waals surface area contributed by atoms with Crippen molar-refractivity contribution in [1.29, 1.82) is 0 Å². The number of nitrogens with one attached hydrogen (secondary N) is 2. The monoisotopic (exact) mass is 434 g/mol. The third-order valence-electron chi connectivity index (χ3n) is 4.39. The molecule has 0 aliphatic rings. The fraction of sp³-hybridized carbons (Fsp3) is 0.333. The minimum atomic E-state index is -3.98. The molecule has 0 fully saturated rings. The largest absolute Gasteiger partial charge is 0.480 e. The molecular weight excluding hydrogens is 407 g/mol. The molecule has 162 valence electrons. The molecule has 8 nitrogen and oxygen atoms in total. The van der Waals surface area contributed by atoms with Crippen LogP contribution in [0.15, 0.2) is 54.6 Å². The van der Waals surface area contributed by atoms with E-state index in [9.17, 15) is 24.2 Å². The van der Waals surface area contributed by atoms with E-state index in [-0.39, 0.29) is 26.0 Å². The lowest BCUT2D eigenvalue weighted by Crippen LogP contribution is -2.40. The molecule has 0 aliphatic carbocycles. The lowest BCUT2D eigenvalue weighted by atomic mass is 10.1. The fourth-order valence-corrected chi connectivity index (χ4v) is 3.57. The zero-order chi connectivity index (χ0) is 22.0. The van der Waals surface area contributed by atoms with Crippen LogP contribution in [-0.4, -0.2) is 41.1 Å². The van der Waals surface area contributed by atoms with Gasteiger partial charge in [-0.15, -0.1) is 0 Å². The van der Waals surface area contributed by atoms with Crippen LogP contribution in [-0.2, 0) is 20.3 Å². The Bertz CT molecular complexity index is 873. The standard InChI is InChI=1S/C21H27N2O6P/c1-16-9-11-18(12-10-16)20(24)23-19(21(25)26)8-5-15-29-30(27,28)22-14-13-17-6-3-2-4-7-17/h2-4,6-7,9-12,19H,5,8,13-15H2,1H3,(H,23,24)(H,25,26)(H2,22,27,28)/t19-/m0/s1. The van der Waals surface area contributed by atoms with Crippen molar-refractivity contribution in [2.45, 2.75) is 32.2 Å². The summed E-state index contributed by atoms with van der Waals surface area (Å²) in [6.07, 6.45) is 0.827. The topological polar surface area (TPSA) is 125 Å². The molecule has 0 heterocycles. The molecule has 9 heteroatoms. The van der Waals surface area contributed by atoms with Crippen LogP contribution in [0.5, 0.6) is 0 Å². The summed E-state index contributed by atoms with van der Waals surface area (Å²) in [5.41, 5.74) is 2.38. The summed E-state index contributed by atoms with van der Waals surface area (Å²) in [6, 6.07) is 15.2. The molecule has 4 N–H and O–H groups in total. The molecule has 2 aromatic carbocycles. The van der Waals surface area contributed by atoms with Gasteiger partial charge in [0.1, 0.15) is 6.04 Å². The molecule has 0 aliphatic heterocycles. The molecule has 0 saturated carbocycles. The van der Waals surface area contributed by atoms with Gasteiger partial charge in [-0.1, -0.05) is 48.0 Å². The second kappa shape index (κ2) is 11.6. The number of carbonyl (C=O) groups is 2. The average Bonchev–Trinajstić information content (AvgIpc) is 2.71. The molecule has 0 aromatic heterocycles. The predicted molar refractivity (Wildman–Crippen MR) is 113 cm³/mol. The molecule has 2 atom stereocenters. The van der Waals surface area contributed by atoms with Crippen LogP contribution >= 0.6 is 7.75 Å². The maximum Gasteiger partial charge on any atom is 0.402 e. The lowest BCUT2D eigenvalue weighted by molar-refractivity contribution is -0.139. The Morgan fingerprint density at radius 1 is 1.10 bits per heavy atom. The second-order valence-electron chi connectivity index (χ2n) is 6.87. The van der Waals surface area contributed by atoms with Crippen LogP contribution in [0.4, 0.5) is 0 Å². The predicted octanol–water partition coefficient (Wildman–Crippen LogP) is 2.91. The first kappa shape index (κ1) is 23.8. The van der Waals surface area contributed by atoms with Gasteiger partial charge in [0.2, 0.25) is 0 Å². The number of amides is 1. The number of rotatable bonds is 12. The quantitative estimate of drug-likeness (QED) is 0.299. The summed E-state index contributed by atoms with van der Waals surface area (Å²) < 4.78 is 17.0. The third-order valence-corrected chi connectivity index (χ3v) is 5.54. The first-order chi connectivity index (χ1) is 14.3. The van der Waals surface area contributed by atoms with Gasteiger partial charge in [-0.05, 0) is 43.9 Å². The minimum absolute atomic E-state index is 0.0664. The van der Waals surface area contributed by atoms with Crippen LogP contribution in [0, 0.1) is 6.92 Å². The first-order valence-corrected chi connectivity index (χ1v) is 11.2. The number of aliphatic carboxylic acids is 1. The van der Waals surface area contributed by atoms with Gasteiger partial charge in [0.25, 0.3) is 5.91 Å². The molecule has 0 bridgehead atoms. The number of carbonyl (C=O) groups excluding carboxylic acids is 1. The van der Waals surface area contributed by atoms with Gasteiger partial charge in [0.05, 0.1) is 6.61 Å². The Hall–Kier alpha value is -2.51. The molecular formula is C21H27N2O6P. The highest BCUT2D eigenvalue weighted by atomic mass is 31.2. The molecule has 0 spiro atoms. The SMILES string of the molecule is Cc1ccc(C(=O)N[C@@H](CCCOP(=O)(O)NCCc2ccccc2)C(=O)O)cc1. The zero-order valence-corrected chi connectivity index (χ0v) is 17.7. The van der Waals surface area contributed by atoms with Crippen molar-refractivity contribution in [2.24, 2.45) is 0 Å². The molecule has 2 aromatic rings. The molecule has 1 amide bonds. The van der Waals surface area contributed by atoms with Gasteiger partial charge in [-0.25, -0.2) is 14.4 Å².